The summed E-state index contributed by atoms with van der Waals surface area (Å²) in [5.74, 6) is -2.52. The van der Waals surface area contributed by atoms with Crippen molar-refractivity contribution in [1.82, 2.24) is 0 Å². The number of carbonyl (C=O) groups is 1. The van der Waals surface area contributed by atoms with E-state index >= 15 is 0 Å². The molecule has 3 rings (SSSR count). The summed E-state index contributed by atoms with van der Waals surface area (Å²) in [5.41, 5.74) is 1.05. The van der Waals surface area contributed by atoms with Crippen LogP contribution < -0.4 is 5.32 Å². The van der Waals surface area contributed by atoms with Gasteiger partial charge in [0.1, 0.15) is 17.4 Å². The van der Waals surface area contributed by atoms with E-state index in [0.717, 1.165) is 12.1 Å². The predicted octanol–water partition coefficient (Wildman–Crippen LogP) is 5.06. The average Bonchev–Trinajstić information content (AvgIpc) is 2.68. The molecular formula is C21H16F2N2O4. The minimum atomic E-state index is -0.800. The van der Waals surface area contributed by atoms with Crippen LogP contribution in [0.4, 0.5) is 20.2 Å². The number of rotatable bonds is 5. The van der Waals surface area contributed by atoms with Gasteiger partial charge in [-0.2, -0.15) is 0 Å². The molecule has 3 aromatic rings. The number of non-ortho nitro benzene ring substituents is 1. The van der Waals surface area contributed by atoms with E-state index in [0.29, 0.717) is 17.7 Å². The minimum Gasteiger partial charge on any atom is -0.507 e. The maximum atomic E-state index is 14.1. The van der Waals surface area contributed by atoms with E-state index in [4.69, 9.17) is 0 Å². The molecule has 2 N–H and O–H groups in total. The average molecular weight is 398 g/mol. The standard InChI is InChI=1S/C21H16F2N2O4/c1-2-12-9-15(25(28)29)5-7-19(12)24-21(27)17-10-13(3-8-20(17)26)16-6-4-14(22)11-18(16)23/h3-11,26H,2H2,1H3,(H,24,27). The number of nitro benzene ring substituents is 1. The number of benzene rings is 3. The first kappa shape index (κ1) is 19.9. The molecule has 6 nitrogen and oxygen atoms in total. The van der Waals surface area contributed by atoms with Gasteiger partial charge in [0.15, 0.2) is 0 Å². The Hall–Kier alpha value is -3.81. The molecule has 29 heavy (non-hydrogen) atoms. The van der Waals surface area contributed by atoms with Gasteiger partial charge in [-0.25, -0.2) is 8.78 Å². The normalized spacial score (nSPS) is 10.6. The second-order valence-electron chi connectivity index (χ2n) is 6.26. The Morgan fingerprint density at radius 2 is 1.86 bits per heavy atom. The number of hydrogen-bond donors (Lipinski definition) is 2. The third-order valence-electron chi connectivity index (χ3n) is 4.41. The molecule has 148 valence electrons. The summed E-state index contributed by atoms with van der Waals surface area (Å²) in [6.45, 7) is 1.78. The number of phenols is 1. The van der Waals surface area contributed by atoms with Crippen LogP contribution in [0.25, 0.3) is 11.1 Å². The van der Waals surface area contributed by atoms with Crippen molar-refractivity contribution >= 4 is 17.3 Å². The molecule has 0 aromatic heterocycles. The van der Waals surface area contributed by atoms with E-state index in [1.165, 1.54) is 42.5 Å². The summed E-state index contributed by atoms with van der Waals surface area (Å²) in [6.07, 6.45) is 0.435. The van der Waals surface area contributed by atoms with Gasteiger partial charge in [0.2, 0.25) is 0 Å². The van der Waals surface area contributed by atoms with Crippen LogP contribution in [-0.2, 0) is 6.42 Å². The Kier molecular flexibility index (Phi) is 5.54. The molecule has 0 spiro atoms. The molecule has 0 saturated heterocycles. The van der Waals surface area contributed by atoms with Crippen molar-refractivity contribution in [2.45, 2.75) is 13.3 Å². The van der Waals surface area contributed by atoms with E-state index in [2.05, 4.69) is 5.32 Å². The van der Waals surface area contributed by atoms with E-state index in [1.807, 2.05) is 0 Å². The summed E-state index contributed by atoms with van der Waals surface area (Å²) in [4.78, 5) is 23.1. The molecule has 0 unspecified atom stereocenters. The van der Waals surface area contributed by atoms with Gasteiger partial charge >= 0.3 is 0 Å². The van der Waals surface area contributed by atoms with Gasteiger partial charge in [-0.05, 0) is 47.9 Å². The number of halogens is 2. The van der Waals surface area contributed by atoms with Crippen LogP contribution in [0.2, 0.25) is 0 Å². The summed E-state index contributed by atoms with van der Waals surface area (Å²) in [5, 5.41) is 23.6. The number of carbonyl (C=O) groups excluding carboxylic acids is 1. The van der Waals surface area contributed by atoms with Gasteiger partial charge < -0.3 is 10.4 Å². The lowest BCUT2D eigenvalue weighted by Crippen LogP contribution is -2.14. The van der Waals surface area contributed by atoms with Crippen LogP contribution in [0, 0.1) is 21.7 Å². The zero-order valence-electron chi connectivity index (χ0n) is 15.3. The summed E-state index contributed by atoms with van der Waals surface area (Å²) >= 11 is 0. The molecule has 1 amide bonds. The molecule has 0 bridgehead atoms. The second kappa shape index (κ2) is 8.05. The number of aryl methyl sites for hydroxylation is 1. The van der Waals surface area contributed by atoms with Gasteiger partial charge in [0, 0.05) is 29.4 Å². The third-order valence-corrected chi connectivity index (χ3v) is 4.41. The topological polar surface area (TPSA) is 92.5 Å². The lowest BCUT2D eigenvalue weighted by Gasteiger charge is -2.12. The third kappa shape index (κ3) is 4.21. The van der Waals surface area contributed by atoms with Crippen molar-refractivity contribution in [3.63, 3.8) is 0 Å². The fourth-order valence-electron chi connectivity index (χ4n) is 2.91. The van der Waals surface area contributed by atoms with Crippen LogP contribution in [-0.4, -0.2) is 15.9 Å². The first-order valence-corrected chi connectivity index (χ1v) is 8.67. The van der Waals surface area contributed by atoms with E-state index in [1.54, 1.807) is 6.92 Å². The summed E-state index contributed by atoms with van der Waals surface area (Å²) in [6, 6.07) is 11.0. The quantitative estimate of drug-likeness (QED) is 0.464. The van der Waals surface area contributed by atoms with Crippen LogP contribution >= 0.6 is 0 Å². The molecule has 0 aliphatic carbocycles. The molecule has 0 atom stereocenters. The molecule has 0 heterocycles. The Bertz CT molecular complexity index is 1120. The van der Waals surface area contributed by atoms with E-state index < -0.39 is 22.5 Å². The Morgan fingerprint density at radius 1 is 1.10 bits per heavy atom. The van der Waals surface area contributed by atoms with Gasteiger partial charge in [0.25, 0.3) is 11.6 Å². The van der Waals surface area contributed by atoms with E-state index in [9.17, 15) is 28.8 Å². The number of aromatic hydroxyl groups is 1. The first-order valence-electron chi connectivity index (χ1n) is 8.67. The zero-order chi connectivity index (χ0) is 21.1. The molecule has 0 fully saturated rings. The number of nitro groups is 1. The maximum absolute atomic E-state index is 14.1. The number of amides is 1. The van der Waals surface area contributed by atoms with Crippen molar-refractivity contribution in [3.8, 4) is 16.9 Å². The number of anilines is 1. The SMILES string of the molecule is CCc1cc([N+](=O)[O-])ccc1NC(=O)c1cc(-c2ccc(F)cc2F)ccc1O. The number of nitrogens with one attached hydrogen (secondary N) is 1. The van der Waals surface area contributed by atoms with Crippen molar-refractivity contribution in [3.05, 3.63) is 87.5 Å². The molecule has 8 heteroatoms. The molecule has 3 aromatic carbocycles. The predicted molar refractivity (Wildman–Crippen MR) is 104 cm³/mol. The Morgan fingerprint density at radius 3 is 2.52 bits per heavy atom. The highest BCUT2D eigenvalue weighted by Gasteiger charge is 2.17. The molecule has 0 aliphatic rings. The largest absolute Gasteiger partial charge is 0.507 e. The number of nitrogens with zero attached hydrogens (tertiary/aromatic N) is 1. The van der Waals surface area contributed by atoms with Crippen molar-refractivity contribution in [2.75, 3.05) is 5.32 Å². The van der Waals surface area contributed by atoms with Gasteiger partial charge in [-0.1, -0.05) is 13.0 Å². The molecule has 0 aliphatic heterocycles. The monoisotopic (exact) mass is 398 g/mol. The highest BCUT2D eigenvalue weighted by Crippen LogP contribution is 2.30. The number of phenolic OH excluding ortho intramolecular Hbond substituents is 1. The lowest BCUT2D eigenvalue weighted by molar-refractivity contribution is -0.384. The minimum absolute atomic E-state index is 0.0741. The summed E-state index contributed by atoms with van der Waals surface area (Å²) in [7, 11) is 0. The van der Waals surface area contributed by atoms with Gasteiger partial charge in [0.05, 0.1) is 10.5 Å². The van der Waals surface area contributed by atoms with Crippen LogP contribution in [0.3, 0.4) is 0 Å². The van der Waals surface area contributed by atoms with Crippen molar-refractivity contribution in [2.24, 2.45) is 0 Å². The fraction of sp³-hybridized carbons (Fsp3) is 0.0952. The highest BCUT2D eigenvalue weighted by atomic mass is 19.1. The van der Waals surface area contributed by atoms with Crippen LogP contribution in [0.1, 0.15) is 22.8 Å². The lowest BCUT2D eigenvalue weighted by atomic mass is 10.0. The van der Waals surface area contributed by atoms with E-state index in [-0.39, 0.29) is 28.1 Å². The smallest absolute Gasteiger partial charge is 0.269 e. The summed E-state index contributed by atoms with van der Waals surface area (Å²) < 4.78 is 27.2. The van der Waals surface area contributed by atoms with Gasteiger partial charge in [-0.3, -0.25) is 14.9 Å². The van der Waals surface area contributed by atoms with Crippen LogP contribution in [0.15, 0.2) is 54.6 Å². The Labute approximate surface area is 164 Å². The first-order chi connectivity index (χ1) is 13.8. The molecule has 0 saturated carbocycles. The highest BCUT2D eigenvalue weighted by molar-refractivity contribution is 6.07. The van der Waals surface area contributed by atoms with Crippen LogP contribution in [0.5, 0.6) is 5.75 Å². The Balaban J connectivity index is 1.95. The fourth-order valence-corrected chi connectivity index (χ4v) is 2.91. The number of hydrogen-bond acceptors (Lipinski definition) is 4. The second-order valence-corrected chi connectivity index (χ2v) is 6.26. The van der Waals surface area contributed by atoms with Crippen molar-refractivity contribution < 1.29 is 23.6 Å². The van der Waals surface area contributed by atoms with Crippen molar-refractivity contribution in [1.29, 1.82) is 0 Å². The zero-order valence-corrected chi connectivity index (χ0v) is 15.3. The molecule has 0 radical (unpaired) electrons. The van der Waals surface area contributed by atoms with Gasteiger partial charge in [-0.15, -0.1) is 0 Å². The molecular weight excluding hydrogens is 382 g/mol. The maximum Gasteiger partial charge on any atom is 0.269 e.